The number of carbonyl (C=O) groups is 2. The molecule has 64 valence electrons. The Morgan fingerprint density at radius 2 is 2.09 bits per heavy atom. The van der Waals surface area contributed by atoms with Crippen molar-refractivity contribution >= 4 is 11.9 Å². The molecule has 0 saturated carbocycles. The predicted molar refractivity (Wildman–Crippen MR) is 40.1 cm³/mol. The molecule has 0 radical (unpaired) electrons. The topological polar surface area (TPSA) is 66.4 Å². The normalized spacial score (nSPS) is 12.2. The summed E-state index contributed by atoms with van der Waals surface area (Å²) in [6, 6.07) is 0. The van der Waals surface area contributed by atoms with Crippen molar-refractivity contribution in [2.45, 2.75) is 19.8 Å². The number of hydrogen-bond acceptors (Lipinski definition) is 2. The highest BCUT2D eigenvalue weighted by Gasteiger charge is 2.17. The average Bonchev–Trinajstić information content (AvgIpc) is 1.99. The zero-order chi connectivity index (χ0) is 8.85. The Hall–Kier alpha value is -1.06. The van der Waals surface area contributed by atoms with Gasteiger partial charge in [0, 0.05) is 13.5 Å². The second kappa shape index (κ2) is 4.71. The van der Waals surface area contributed by atoms with E-state index in [1.54, 1.807) is 6.92 Å². The molecule has 1 amide bonds. The predicted octanol–water partition coefficient (Wildman–Crippen LogP) is 0.233. The number of carboxylic acids is 1. The van der Waals surface area contributed by atoms with E-state index in [0.29, 0.717) is 6.42 Å². The van der Waals surface area contributed by atoms with Gasteiger partial charge in [0.15, 0.2) is 0 Å². The van der Waals surface area contributed by atoms with Gasteiger partial charge in [-0.2, -0.15) is 0 Å². The van der Waals surface area contributed by atoms with Crippen molar-refractivity contribution in [2.75, 3.05) is 7.05 Å². The molecule has 2 N–H and O–H groups in total. The molecule has 1 atom stereocenters. The van der Waals surface area contributed by atoms with E-state index in [0.717, 1.165) is 0 Å². The summed E-state index contributed by atoms with van der Waals surface area (Å²) in [6.45, 7) is 1.75. The first-order valence-corrected chi connectivity index (χ1v) is 3.55. The zero-order valence-electron chi connectivity index (χ0n) is 6.76. The average molecular weight is 159 g/mol. The Labute approximate surface area is 65.6 Å². The maximum Gasteiger partial charge on any atom is 0.307 e. The molecular weight excluding hydrogens is 146 g/mol. The molecule has 4 heteroatoms. The number of amides is 1. The zero-order valence-corrected chi connectivity index (χ0v) is 6.76. The van der Waals surface area contributed by atoms with E-state index >= 15 is 0 Å². The van der Waals surface area contributed by atoms with Crippen LogP contribution in [0.1, 0.15) is 19.8 Å². The number of aliphatic carboxylic acids is 1. The summed E-state index contributed by atoms with van der Waals surface area (Å²) in [5.74, 6) is -1.68. The van der Waals surface area contributed by atoms with Gasteiger partial charge in [0.1, 0.15) is 0 Å². The van der Waals surface area contributed by atoms with Crippen LogP contribution in [0.4, 0.5) is 0 Å². The molecule has 0 spiro atoms. The van der Waals surface area contributed by atoms with Gasteiger partial charge >= 0.3 is 5.97 Å². The van der Waals surface area contributed by atoms with Gasteiger partial charge in [-0.3, -0.25) is 9.59 Å². The lowest BCUT2D eigenvalue weighted by Gasteiger charge is -2.06. The van der Waals surface area contributed by atoms with Crippen LogP contribution in [0.2, 0.25) is 0 Å². The lowest BCUT2D eigenvalue weighted by molar-refractivity contribution is -0.144. The molecule has 0 aromatic rings. The summed E-state index contributed by atoms with van der Waals surface area (Å²) in [5, 5.41) is 10.9. The van der Waals surface area contributed by atoms with Crippen LogP contribution in [0, 0.1) is 5.92 Å². The number of hydrogen-bond donors (Lipinski definition) is 2. The van der Waals surface area contributed by atoms with E-state index in [9.17, 15) is 9.59 Å². The molecule has 11 heavy (non-hydrogen) atoms. The Kier molecular flexibility index (Phi) is 4.26. The second-order valence-corrected chi connectivity index (χ2v) is 2.32. The molecule has 0 fully saturated rings. The van der Waals surface area contributed by atoms with Crippen molar-refractivity contribution in [3.63, 3.8) is 0 Å². The number of nitrogens with one attached hydrogen (secondary N) is 1. The minimum Gasteiger partial charge on any atom is -0.481 e. The van der Waals surface area contributed by atoms with Gasteiger partial charge in [-0.25, -0.2) is 0 Å². The molecule has 0 unspecified atom stereocenters. The van der Waals surface area contributed by atoms with Crippen LogP contribution < -0.4 is 5.32 Å². The van der Waals surface area contributed by atoms with Gasteiger partial charge in [0.2, 0.25) is 5.91 Å². The highest BCUT2D eigenvalue weighted by Crippen LogP contribution is 2.07. The van der Waals surface area contributed by atoms with Gasteiger partial charge in [-0.05, 0) is 6.42 Å². The fraction of sp³-hybridized carbons (Fsp3) is 0.714. The van der Waals surface area contributed by atoms with Crippen LogP contribution in [0.15, 0.2) is 0 Å². The summed E-state index contributed by atoms with van der Waals surface area (Å²) in [4.78, 5) is 21.1. The third-order valence-corrected chi connectivity index (χ3v) is 1.55. The molecule has 0 saturated heterocycles. The summed E-state index contributed by atoms with van der Waals surface area (Å²) in [7, 11) is 1.50. The second-order valence-electron chi connectivity index (χ2n) is 2.32. The summed E-state index contributed by atoms with van der Waals surface area (Å²) in [5.41, 5.74) is 0. The van der Waals surface area contributed by atoms with Crippen molar-refractivity contribution in [3.8, 4) is 0 Å². The van der Waals surface area contributed by atoms with E-state index in [-0.39, 0.29) is 12.3 Å². The minimum atomic E-state index is -0.906. The quantitative estimate of drug-likeness (QED) is 0.617. The third kappa shape index (κ3) is 3.60. The van der Waals surface area contributed by atoms with Crippen LogP contribution in [0.3, 0.4) is 0 Å². The van der Waals surface area contributed by atoms with Crippen LogP contribution in [-0.2, 0) is 9.59 Å². The Morgan fingerprint density at radius 3 is 2.36 bits per heavy atom. The molecular formula is C7H13NO3. The first-order chi connectivity index (χ1) is 5.11. The van der Waals surface area contributed by atoms with Gasteiger partial charge in [0.05, 0.1) is 5.92 Å². The van der Waals surface area contributed by atoms with Crippen molar-refractivity contribution in [2.24, 2.45) is 5.92 Å². The molecule has 0 bridgehead atoms. The highest BCUT2D eigenvalue weighted by atomic mass is 16.4. The molecule has 0 aliphatic heterocycles. The summed E-state index contributed by atoms with van der Waals surface area (Å²) < 4.78 is 0. The molecule has 0 aliphatic carbocycles. The summed E-state index contributed by atoms with van der Waals surface area (Å²) >= 11 is 0. The maximum absolute atomic E-state index is 10.7. The van der Waals surface area contributed by atoms with Crippen molar-refractivity contribution in [3.05, 3.63) is 0 Å². The molecule has 0 aromatic heterocycles. The van der Waals surface area contributed by atoms with Crippen LogP contribution in [0.25, 0.3) is 0 Å². The largest absolute Gasteiger partial charge is 0.481 e. The molecule has 0 heterocycles. The Bertz CT molecular complexity index is 156. The van der Waals surface area contributed by atoms with Gasteiger partial charge in [0.25, 0.3) is 0 Å². The third-order valence-electron chi connectivity index (χ3n) is 1.55. The van der Waals surface area contributed by atoms with Gasteiger partial charge < -0.3 is 10.4 Å². The molecule has 4 nitrogen and oxygen atoms in total. The summed E-state index contributed by atoms with van der Waals surface area (Å²) in [6.07, 6.45) is 0.561. The van der Waals surface area contributed by atoms with Crippen LogP contribution in [-0.4, -0.2) is 24.0 Å². The van der Waals surface area contributed by atoms with E-state index in [4.69, 9.17) is 5.11 Å². The van der Waals surface area contributed by atoms with Gasteiger partial charge in [-0.1, -0.05) is 6.92 Å². The van der Waals surface area contributed by atoms with Gasteiger partial charge in [-0.15, -0.1) is 0 Å². The van der Waals surface area contributed by atoms with E-state index < -0.39 is 11.9 Å². The van der Waals surface area contributed by atoms with E-state index in [2.05, 4.69) is 5.32 Å². The van der Waals surface area contributed by atoms with E-state index in [1.807, 2.05) is 0 Å². The number of carbonyl (C=O) groups excluding carboxylic acids is 1. The van der Waals surface area contributed by atoms with Crippen molar-refractivity contribution in [1.29, 1.82) is 0 Å². The smallest absolute Gasteiger partial charge is 0.307 e. The van der Waals surface area contributed by atoms with Crippen molar-refractivity contribution < 1.29 is 14.7 Å². The lowest BCUT2D eigenvalue weighted by Crippen LogP contribution is -2.24. The Balaban J connectivity index is 3.88. The monoisotopic (exact) mass is 159 g/mol. The number of carboxylic acid groups (broad SMARTS) is 1. The van der Waals surface area contributed by atoms with Crippen molar-refractivity contribution in [1.82, 2.24) is 5.32 Å². The van der Waals surface area contributed by atoms with Crippen LogP contribution >= 0.6 is 0 Å². The SMILES string of the molecule is CC[C@@H](CC(=O)NC)C(=O)O. The van der Waals surface area contributed by atoms with E-state index in [1.165, 1.54) is 7.05 Å². The first-order valence-electron chi connectivity index (χ1n) is 3.55. The molecule has 0 rings (SSSR count). The maximum atomic E-state index is 10.7. The lowest BCUT2D eigenvalue weighted by atomic mass is 10.0. The molecule has 0 aliphatic rings. The minimum absolute atomic E-state index is 0.0718. The number of rotatable bonds is 4. The first kappa shape index (κ1) is 9.94. The van der Waals surface area contributed by atoms with Crippen LogP contribution in [0.5, 0.6) is 0 Å². The highest BCUT2D eigenvalue weighted by molar-refractivity contribution is 5.81. The Morgan fingerprint density at radius 1 is 1.55 bits per heavy atom. The fourth-order valence-electron chi connectivity index (χ4n) is 0.732. The molecule has 0 aromatic carbocycles. The standard InChI is InChI=1S/C7H13NO3/c1-3-5(7(10)11)4-6(9)8-2/h5H,3-4H2,1-2H3,(H,8,9)(H,10,11)/t5-/m0/s1. The fourth-order valence-corrected chi connectivity index (χ4v) is 0.732.